The lowest BCUT2D eigenvalue weighted by atomic mass is 9.77. The summed E-state index contributed by atoms with van der Waals surface area (Å²) in [6.07, 6.45) is 3.79. The number of nitrogens with two attached hydrogens (primary N) is 1. The van der Waals surface area contributed by atoms with E-state index in [2.05, 4.69) is 0 Å². The maximum Gasteiger partial charge on any atom is 0.0436 e. The molecule has 0 aliphatic heterocycles. The Hall–Kier alpha value is -0.160. The van der Waals surface area contributed by atoms with Crippen molar-refractivity contribution in [3.05, 3.63) is 0 Å². The highest BCUT2D eigenvalue weighted by molar-refractivity contribution is 4.80. The molecule has 0 aromatic rings. The second-order valence-corrected chi connectivity index (χ2v) is 3.83. The Kier molecular flexibility index (Phi) is 8.08. The van der Waals surface area contributed by atoms with Gasteiger partial charge < -0.3 is 21.1 Å². The van der Waals surface area contributed by atoms with E-state index in [9.17, 15) is 0 Å². The van der Waals surface area contributed by atoms with Gasteiger partial charge in [0.25, 0.3) is 0 Å². The van der Waals surface area contributed by atoms with E-state index in [1.807, 2.05) is 0 Å². The van der Waals surface area contributed by atoms with Crippen molar-refractivity contribution in [3.63, 3.8) is 0 Å². The Bertz CT molecular complexity index is 125. The molecule has 0 bridgehead atoms. The van der Waals surface area contributed by atoms with Crippen LogP contribution in [0, 0.1) is 5.41 Å². The summed E-state index contributed by atoms with van der Waals surface area (Å²) in [5.74, 6) is 0. The molecule has 0 saturated heterocycles. The topological polar surface area (TPSA) is 86.7 Å². The van der Waals surface area contributed by atoms with Crippen LogP contribution in [0.2, 0.25) is 0 Å². The molecule has 0 fully saturated rings. The lowest BCUT2D eigenvalue weighted by Crippen LogP contribution is -2.32. The van der Waals surface area contributed by atoms with Gasteiger partial charge in [0, 0.05) is 19.8 Å². The van der Waals surface area contributed by atoms with Crippen LogP contribution in [0.15, 0.2) is 0 Å². The molecule has 0 rings (SSSR count). The molecule has 0 unspecified atom stereocenters. The number of rotatable bonds is 9. The van der Waals surface area contributed by atoms with E-state index in [1.165, 1.54) is 0 Å². The number of aliphatic hydroxyl groups is 3. The Morgan fingerprint density at radius 2 is 1.36 bits per heavy atom. The van der Waals surface area contributed by atoms with E-state index in [1.54, 1.807) is 0 Å². The molecular weight excluding hydrogens is 182 g/mol. The summed E-state index contributed by atoms with van der Waals surface area (Å²) < 4.78 is 0. The summed E-state index contributed by atoms with van der Waals surface area (Å²) in [5, 5.41) is 26.5. The first-order valence-electron chi connectivity index (χ1n) is 5.27. The summed E-state index contributed by atoms with van der Waals surface area (Å²) in [6, 6.07) is 0. The van der Waals surface area contributed by atoms with Gasteiger partial charge in [-0.15, -0.1) is 0 Å². The van der Waals surface area contributed by atoms with Crippen LogP contribution < -0.4 is 5.73 Å². The standard InChI is InChI=1S/C10H23NO3/c11-9-10(4-7-13,5-8-14)3-1-2-6-12/h12-14H,1-9,11H2. The van der Waals surface area contributed by atoms with Crippen LogP contribution in [0.1, 0.15) is 32.1 Å². The molecule has 4 heteroatoms. The molecule has 0 aliphatic carbocycles. The van der Waals surface area contributed by atoms with Crippen molar-refractivity contribution in [3.8, 4) is 0 Å². The van der Waals surface area contributed by atoms with Gasteiger partial charge in [-0.05, 0) is 37.6 Å². The maximum absolute atomic E-state index is 8.93. The quantitative estimate of drug-likeness (QED) is 0.395. The Morgan fingerprint density at radius 3 is 1.71 bits per heavy atom. The second-order valence-electron chi connectivity index (χ2n) is 3.83. The molecule has 0 atom stereocenters. The van der Waals surface area contributed by atoms with E-state index in [-0.39, 0.29) is 25.2 Å². The molecule has 14 heavy (non-hydrogen) atoms. The van der Waals surface area contributed by atoms with Gasteiger partial charge in [0.2, 0.25) is 0 Å². The minimum atomic E-state index is -0.140. The van der Waals surface area contributed by atoms with E-state index >= 15 is 0 Å². The average molecular weight is 205 g/mol. The zero-order valence-corrected chi connectivity index (χ0v) is 8.78. The van der Waals surface area contributed by atoms with Crippen molar-refractivity contribution in [1.82, 2.24) is 0 Å². The van der Waals surface area contributed by atoms with Crippen molar-refractivity contribution in [2.24, 2.45) is 11.1 Å². The van der Waals surface area contributed by atoms with E-state index in [4.69, 9.17) is 21.1 Å². The molecule has 86 valence electrons. The van der Waals surface area contributed by atoms with E-state index in [0.29, 0.717) is 19.4 Å². The molecule has 0 amide bonds. The smallest absolute Gasteiger partial charge is 0.0436 e. The van der Waals surface area contributed by atoms with Gasteiger partial charge in [-0.3, -0.25) is 0 Å². The minimum Gasteiger partial charge on any atom is -0.396 e. The van der Waals surface area contributed by atoms with Crippen LogP contribution in [0.3, 0.4) is 0 Å². The Morgan fingerprint density at radius 1 is 0.786 bits per heavy atom. The normalized spacial score (nSPS) is 12.0. The largest absolute Gasteiger partial charge is 0.396 e. The van der Waals surface area contributed by atoms with E-state index in [0.717, 1.165) is 19.3 Å². The van der Waals surface area contributed by atoms with E-state index < -0.39 is 0 Å². The zero-order valence-electron chi connectivity index (χ0n) is 8.78. The summed E-state index contributed by atoms with van der Waals surface area (Å²) in [5.41, 5.74) is 5.54. The highest BCUT2D eigenvalue weighted by Crippen LogP contribution is 2.31. The molecule has 0 spiro atoms. The van der Waals surface area contributed by atoms with Gasteiger partial charge in [-0.1, -0.05) is 6.42 Å². The van der Waals surface area contributed by atoms with Crippen molar-refractivity contribution >= 4 is 0 Å². The Labute approximate surface area is 85.7 Å². The summed E-state index contributed by atoms with van der Waals surface area (Å²) in [4.78, 5) is 0. The first-order chi connectivity index (χ1) is 6.74. The third kappa shape index (κ3) is 4.91. The monoisotopic (exact) mass is 205 g/mol. The fourth-order valence-electron chi connectivity index (χ4n) is 1.77. The Balaban J connectivity index is 4.03. The maximum atomic E-state index is 8.93. The van der Waals surface area contributed by atoms with Gasteiger partial charge >= 0.3 is 0 Å². The van der Waals surface area contributed by atoms with Gasteiger partial charge in [0.1, 0.15) is 0 Å². The number of hydrogen-bond donors (Lipinski definition) is 4. The van der Waals surface area contributed by atoms with Crippen molar-refractivity contribution in [1.29, 1.82) is 0 Å². The molecule has 0 radical (unpaired) electrons. The summed E-state index contributed by atoms with van der Waals surface area (Å²) >= 11 is 0. The molecule has 0 aromatic heterocycles. The fourth-order valence-corrected chi connectivity index (χ4v) is 1.77. The highest BCUT2D eigenvalue weighted by Gasteiger charge is 2.26. The number of hydrogen-bond acceptors (Lipinski definition) is 4. The van der Waals surface area contributed by atoms with Gasteiger partial charge in [-0.2, -0.15) is 0 Å². The van der Waals surface area contributed by atoms with Crippen molar-refractivity contribution in [2.45, 2.75) is 32.1 Å². The average Bonchev–Trinajstić information content (AvgIpc) is 2.19. The zero-order chi connectivity index (χ0) is 10.9. The lowest BCUT2D eigenvalue weighted by Gasteiger charge is -2.31. The minimum absolute atomic E-state index is 0.107. The molecule has 4 nitrogen and oxygen atoms in total. The second kappa shape index (κ2) is 8.17. The van der Waals surface area contributed by atoms with Crippen LogP contribution in [0.5, 0.6) is 0 Å². The molecule has 0 saturated carbocycles. The first kappa shape index (κ1) is 13.8. The van der Waals surface area contributed by atoms with Gasteiger partial charge in [0.15, 0.2) is 0 Å². The number of aliphatic hydroxyl groups excluding tert-OH is 3. The van der Waals surface area contributed by atoms with Crippen molar-refractivity contribution < 1.29 is 15.3 Å². The predicted octanol–water partition coefficient (Wildman–Crippen LogP) is -0.141. The predicted molar refractivity (Wildman–Crippen MR) is 55.8 cm³/mol. The highest BCUT2D eigenvalue weighted by atomic mass is 16.3. The third-order valence-corrected chi connectivity index (χ3v) is 2.83. The van der Waals surface area contributed by atoms with Gasteiger partial charge in [0.05, 0.1) is 0 Å². The summed E-state index contributed by atoms with van der Waals surface area (Å²) in [7, 11) is 0. The van der Waals surface area contributed by atoms with Gasteiger partial charge in [-0.25, -0.2) is 0 Å². The molecule has 5 N–H and O–H groups in total. The SMILES string of the molecule is NCC(CCO)(CCO)CCCCO. The van der Waals surface area contributed by atoms with Crippen LogP contribution in [0.4, 0.5) is 0 Å². The van der Waals surface area contributed by atoms with Crippen molar-refractivity contribution in [2.75, 3.05) is 26.4 Å². The number of unbranched alkanes of at least 4 members (excludes halogenated alkanes) is 1. The molecule has 0 aliphatic rings. The van der Waals surface area contributed by atoms with Crippen LogP contribution >= 0.6 is 0 Å². The van der Waals surface area contributed by atoms with Crippen LogP contribution in [-0.4, -0.2) is 41.7 Å². The lowest BCUT2D eigenvalue weighted by molar-refractivity contribution is 0.125. The molecule has 0 aromatic carbocycles. The first-order valence-corrected chi connectivity index (χ1v) is 5.27. The summed E-state index contributed by atoms with van der Waals surface area (Å²) in [6.45, 7) is 0.894. The molecule has 0 heterocycles. The van der Waals surface area contributed by atoms with Crippen LogP contribution in [0.25, 0.3) is 0 Å². The third-order valence-electron chi connectivity index (χ3n) is 2.83. The van der Waals surface area contributed by atoms with Crippen LogP contribution in [-0.2, 0) is 0 Å². The fraction of sp³-hybridized carbons (Fsp3) is 1.00. The molecular formula is C10H23NO3.